The van der Waals surface area contributed by atoms with E-state index in [9.17, 15) is 27.2 Å². The molecule has 1 aromatic carbocycles. The quantitative estimate of drug-likeness (QED) is 0.161. The van der Waals surface area contributed by atoms with Crippen molar-refractivity contribution >= 4 is 51.9 Å². The van der Waals surface area contributed by atoms with Gasteiger partial charge in [0.2, 0.25) is 0 Å². The van der Waals surface area contributed by atoms with Gasteiger partial charge in [-0.15, -0.1) is 11.3 Å². The van der Waals surface area contributed by atoms with E-state index >= 15 is 0 Å². The van der Waals surface area contributed by atoms with Crippen LogP contribution in [0.1, 0.15) is 48.9 Å². The lowest BCUT2D eigenvalue weighted by Crippen LogP contribution is -2.13. The molecule has 1 aromatic heterocycles. The van der Waals surface area contributed by atoms with Crippen molar-refractivity contribution in [2.45, 2.75) is 31.9 Å². The van der Waals surface area contributed by atoms with Crippen LogP contribution in [0.5, 0.6) is 0 Å². The van der Waals surface area contributed by atoms with Crippen molar-refractivity contribution in [3.8, 4) is 0 Å². The van der Waals surface area contributed by atoms with Crippen molar-refractivity contribution in [3.05, 3.63) is 60.5 Å². The smallest absolute Gasteiger partial charge is 0.417 e. The molecule has 30 heavy (non-hydrogen) atoms. The molecule has 10 heteroatoms. The Labute approximate surface area is 183 Å². The number of methoxy groups -OCH3 is 1. The Balaban J connectivity index is 2.13. The minimum atomic E-state index is -4.93. The molecule has 0 saturated carbocycles. The lowest BCUT2D eigenvalue weighted by Gasteiger charge is -2.14. The molecule has 3 nitrogen and oxygen atoms in total. The first-order valence-corrected chi connectivity index (χ1v) is 10.3. The first-order valence-electron chi connectivity index (χ1n) is 8.75. The number of hydrogen-bond donors (Lipinski definition) is 0. The minimum Gasteiger partial charge on any atom is -0.465 e. The zero-order valence-electron chi connectivity index (χ0n) is 15.5. The van der Waals surface area contributed by atoms with E-state index in [4.69, 9.17) is 27.9 Å². The van der Waals surface area contributed by atoms with E-state index < -0.39 is 44.9 Å². The van der Waals surface area contributed by atoms with E-state index in [1.54, 1.807) is 0 Å². The van der Waals surface area contributed by atoms with E-state index in [0.29, 0.717) is 30.0 Å². The first kappa shape index (κ1) is 22.8. The number of halogens is 6. The van der Waals surface area contributed by atoms with Gasteiger partial charge in [0.1, 0.15) is 4.88 Å². The summed E-state index contributed by atoms with van der Waals surface area (Å²) in [5.41, 5.74) is -0.624. The van der Waals surface area contributed by atoms with Gasteiger partial charge in [-0.1, -0.05) is 23.2 Å². The Morgan fingerprint density at radius 3 is 2.10 bits per heavy atom. The van der Waals surface area contributed by atoms with Gasteiger partial charge < -0.3 is 4.74 Å². The number of hydrogen-bond acceptors (Lipinski definition) is 4. The number of esters is 1. The highest BCUT2D eigenvalue weighted by Gasteiger charge is 2.37. The number of carbonyl (C=O) groups excluding carboxylic acids is 2. The molecule has 1 heterocycles. The van der Waals surface area contributed by atoms with Crippen molar-refractivity contribution in [1.82, 2.24) is 0 Å². The Morgan fingerprint density at radius 1 is 1.07 bits per heavy atom. The summed E-state index contributed by atoms with van der Waals surface area (Å²) in [6, 6.07) is 1.53. The van der Waals surface area contributed by atoms with Gasteiger partial charge in [-0.05, 0) is 60.6 Å². The molecule has 3 rings (SSSR count). The molecule has 1 aliphatic carbocycles. The van der Waals surface area contributed by atoms with Crippen LogP contribution in [0, 0.1) is 5.82 Å². The Morgan fingerprint density at radius 2 is 1.60 bits per heavy atom. The fourth-order valence-corrected chi connectivity index (χ4v) is 5.04. The van der Waals surface area contributed by atoms with Crippen LogP contribution in [0.3, 0.4) is 0 Å². The molecule has 2 aromatic rings. The highest BCUT2D eigenvalue weighted by atomic mass is 35.5. The van der Waals surface area contributed by atoms with Gasteiger partial charge >= 0.3 is 12.1 Å². The van der Waals surface area contributed by atoms with Gasteiger partial charge in [0.25, 0.3) is 0 Å². The number of benzene rings is 1. The molecule has 0 radical (unpaired) electrons. The number of allylic oxidation sites excluding steroid dienone is 2. The Kier molecular flexibility index (Phi) is 6.60. The minimum absolute atomic E-state index is 0.0613. The summed E-state index contributed by atoms with van der Waals surface area (Å²) in [4.78, 5) is 25.2. The molecule has 1 aliphatic rings. The van der Waals surface area contributed by atoms with E-state index in [0.717, 1.165) is 36.3 Å². The average molecular weight is 481 g/mol. The number of ether oxygens (including phenoxy) is 1. The number of fused-ring (bicyclic) bond motifs is 1. The molecule has 0 amide bonds. The summed E-state index contributed by atoms with van der Waals surface area (Å²) in [7, 11) is 1.20. The summed E-state index contributed by atoms with van der Waals surface area (Å²) >= 11 is 12.1. The van der Waals surface area contributed by atoms with E-state index in [-0.39, 0.29) is 9.75 Å². The second kappa shape index (κ2) is 8.69. The molecule has 0 N–H and O–H groups in total. The maximum absolute atomic E-state index is 13.7. The molecule has 0 aliphatic heterocycles. The molecule has 0 spiro atoms. The third-order valence-corrected chi connectivity index (χ3v) is 6.51. The summed E-state index contributed by atoms with van der Waals surface area (Å²) in [6.45, 7) is 0. The fraction of sp³-hybridized carbons (Fsp3) is 0.300. The van der Waals surface area contributed by atoms with Crippen LogP contribution in [0.2, 0.25) is 10.0 Å². The van der Waals surface area contributed by atoms with Gasteiger partial charge in [0, 0.05) is 0 Å². The van der Waals surface area contributed by atoms with Crippen molar-refractivity contribution < 1.29 is 31.9 Å². The van der Waals surface area contributed by atoms with Crippen LogP contribution in [0.25, 0.3) is 5.57 Å². The predicted octanol–water partition coefficient (Wildman–Crippen LogP) is 6.69. The number of rotatable bonds is 4. The molecule has 160 valence electrons. The largest absolute Gasteiger partial charge is 0.465 e. The van der Waals surface area contributed by atoms with Crippen molar-refractivity contribution in [1.29, 1.82) is 0 Å². The highest BCUT2D eigenvalue weighted by molar-refractivity contribution is 7.16. The lowest BCUT2D eigenvalue weighted by atomic mass is 9.91. The van der Waals surface area contributed by atoms with Gasteiger partial charge in [0.05, 0.1) is 27.6 Å². The summed E-state index contributed by atoms with van der Waals surface area (Å²) in [5.74, 6) is -2.59. The van der Waals surface area contributed by atoms with Crippen LogP contribution >= 0.6 is 34.5 Å². The van der Waals surface area contributed by atoms with Gasteiger partial charge in [-0.2, -0.15) is 13.2 Å². The van der Waals surface area contributed by atoms with Crippen LogP contribution in [-0.4, -0.2) is 25.0 Å². The molecule has 0 atom stereocenters. The first-order chi connectivity index (χ1) is 14.0. The SMILES string of the molecule is COC(=O)c1sc(C(=O)/C=C(\c2cc(Cl)c(F)c(Cl)c2)C(F)(F)F)c2c1CCCC2. The van der Waals surface area contributed by atoms with Crippen LogP contribution in [-0.2, 0) is 17.6 Å². The van der Waals surface area contributed by atoms with Gasteiger partial charge in [0.15, 0.2) is 11.6 Å². The molecule has 0 unspecified atom stereocenters. The third-order valence-electron chi connectivity index (χ3n) is 4.69. The highest BCUT2D eigenvalue weighted by Crippen LogP contribution is 2.40. The standard InChI is InChI=1S/C20H14Cl2F4O3S/c1-29-19(28)18-11-5-3-2-4-10(11)17(30-18)15(27)8-12(20(24,25)26)9-6-13(21)16(23)14(22)7-9/h6-8H,2-5H2,1H3/b12-8+. The predicted molar refractivity (Wildman–Crippen MR) is 107 cm³/mol. The Bertz CT molecular complexity index is 1030. The van der Waals surface area contributed by atoms with Crippen molar-refractivity contribution in [2.24, 2.45) is 0 Å². The van der Waals surface area contributed by atoms with Gasteiger partial charge in [-0.3, -0.25) is 4.79 Å². The maximum atomic E-state index is 13.7. The van der Waals surface area contributed by atoms with Crippen LogP contribution < -0.4 is 0 Å². The van der Waals surface area contributed by atoms with E-state index in [1.807, 2.05) is 0 Å². The number of carbonyl (C=O) groups is 2. The topological polar surface area (TPSA) is 43.4 Å². The van der Waals surface area contributed by atoms with Crippen molar-refractivity contribution in [2.75, 3.05) is 7.11 Å². The van der Waals surface area contributed by atoms with Gasteiger partial charge in [-0.25, -0.2) is 9.18 Å². The second-order valence-electron chi connectivity index (χ2n) is 6.59. The molecular weight excluding hydrogens is 467 g/mol. The summed E-state index contributed by atoms with van der Waals surface area (Å²) in [5, 5.41) is -1.19. The normalized spacial score (nSPS) is 14.4. The molecular formula is C20H14Cl2F4O3S. The van der Waals surface area contributed by atoms with E-state index in [2.05, 4.69) is 0 Å². The molecule has 0 fully saturated rings. The number of ketones is 1. The molecule has 0 saturated heterocycles. The average Bonchev–Trinajstić information content (AvgIpc) is 3.08. The van der Waals surface area contributed by atoms with E-state index in [1.165, 1.54) is 7.11 Å². The Hall–Kier alpha value is -1.90. The zero-order chi connectivity index (χ0) is 22.2. The monoisotopic (exact) mass is 480 g/mol. The second-order valence-corrected chi connectivity index (χ2v) is 8.43. The lowest BCUT2D eigenvalue weighted by molar-refractivity contribution is -0.0689. The number of thiophene rings is 1. The van der Waals surface area contributed by atoms with Crippen molar-refractivity contribution in [3.63, 3.8) is 0 Å². The number of alkyl halides is 3. The summed E-state index contributed by atoms with van der Waals surface area (Å²) < 4.78 is 59.5. The fourth-order valence-electron chi connectivity index (χ4n) is 3.32. The third kappa shape index (κ3) is 4.40. The van der Waals surface area contributed by atoms with Crippen LogP contribution in [0.4, 0.5) is 17.6 Å². The molecule has 0 bridgehead atoms. The summed E-state index contributed by atoms with van der Waals surface area (Å²) in [6.07, 6.45) is -1.92. The maximum Gasteiger partial charge on any atom is 0.417 e. The van der Waals surface area contributed by atoms with Crippen LogP contribution in [0.15, 0.2) is 18.2 Å². The zero-order valence-corrected chi connectivity index (χ0v) is 17.8.